The topological polar surface area (TPSA) is 66.8 Å². The molecule has 0 unspecified atom stereocenters. The van der Waals surface area contributed by atoms with Gasteiger partial charge < -0.3 is 9.84 Å². The van der Waals surface area contributed by atoms with E-state index in [0.717, 1.165) is 5.56 Å². The maximum atomic E-state index is 11.3. The molecular formula is C11H11NO4. The number of ether oxygens (including phenoxy) is 1. The summed E-state index contributed by atoms with van der Waals surface area (Å²) in [5, 5.41) is 9.06. The molecule has 1 amide bonds. The van der Waals surface area contributed by atoms with Gasteiger partial charge in [0.1, 0.15) is 6.61 Å². The minimum absolute atomic E-state index is 0.124. The summed E-state index contributed by atoms with van der Waals surface area (Å²) in [6, 6.07) is 4.95. The van der Waals surface area contributed by atoms with Gasteiger partial charge in [-0.25, -0.2) is 9.59 Å². The van der Waals surface area contributed by atoms with Crippen molar-refractivity contribution in [1.29, 1.82) is 0 Å². The second-order valence-electron chi connectivity index (χ2n) is 3.59. The first-order valence-corrected chi connectivity index (χ1v) is 4.88. The van der Waals surface area contributed by atoms with Gasteiger partial charge in [-0.05, 0) is 19.1 Å². The zero-order chi connectivity index (χ0) is 11.7. The standard InChI is InChI=1S/C11H11NO4/c1-7-2-3-9(8(6-7)10(13)14)12-4-5-16-11(12)15/h2-3,6H,4-5H2,1H3,(H,13,14). The minimum Gasteiger partial charge on any atom is -0.478 e. The molecule has 1 heterocycles. The number of rotatable bonds is 2. The third-order valence-electron chi connectivity index (χ3n) is 2.43. The van der Waals surface area contributed by atoms with Crippen LogP contribution in [0.5, 0.6) is 0 Å². The number of nitrogens with zero attached hydrogens (tertiary/aromatic N) is 1. The van der Waals surface area contributed by atoms with Crippen LogP contribution in [0.4, 0.5) is 10.5 Å². The molecule has 0 atom stereocenters. The van der Waals surface area contributed by atoms with Crippen LogP contribution in [-0.2, 0) is 4.74 Å². The van der Waals surface area contributed by atoms with Crippen molar-refractivity contribution < 1.29 is 19.4 Å². The van der Waals surface area contributed by atoms with Crippen LogP contribution in [0.2, 0.25) is 0 Å². The number of carboxylic acids is 1. The highest BCUT2D eigenvalue weighted by molar-refractivity contribution is 6.00. The minimum atomic E-state index is -1.04. The van der Waals surface area contributed by atoms with Gasteiger partial charge >= 0.3 is 12.1 Å². The monoisotopic (exact) mass is 221 g/mol. The van der Waals surface area contributed by atoms with Gasteiger partial charge in [0.05, 0.1) is 17.8 Å². The number of hydrogen-bond donors (Lipinski definition) is 1. The zero-order valence-electron chi connectivity index (χ0n) is 8.77. The number of benzene rings is 1. The molecule has 2 rings (SSSR count). The third-order valence-corrected chi connectivity index (χ3v) is 2.43. The molecule has 0 aromatic heterocycles. The lowest BCUT2D eigenvalue weighted by atomic mass is 10.1. The maximum absolute atomic E-state index is 11.3. The van der Waals surface area contributed by atoms with Crippen molar-refractivity contribution in [3.8, 4) is 0 Å². The quantitative estimate of drug-likeness (QED) is 0.824. The molecule has 1 fully saturated rings. The summed E-state index contributed by atoms with van der Waals surface area (Å²) in [5.41, 5.74) is 1.35. The van der Waals surface area contributed by atoms with Crippen LogP contribution >= 0.6 is 0 Å². The second kappa shape index (κ2) is 3.84. The molecule has 84 valence electrons. The van der Waals surface area contributed by atoms with E-state index in [1.54, 1.807) is 25.1 Å². The summed E-state index contributed by atoms with van der Waals surface area (Å²) in [7, 11) is 0. The summed E-state index contributed by atoms with van der Waals surface area (Å²) in [6.45, 7) is 2.49. The van der Waals surface area contributed by atoms with E-state index in [4.69, 9.17) is 9.84 Å². The Bertz CT molecular complexity index is 455. The van der Waals surface area contributed by atoms with Crippen LogP contribution in [0.15, 0.2) is 18.2 Å². The van der Waals surface area contributed by atoms with Crippen molar-refractivity contribution in [2.45, 2.75) is 6.92 Å². The van der Waals surface area contributed by atoms with Crippen molar-refractivity contribution in [3.05, 3.63) is 29.3 Å². The predicted molar refractivity (Wildman–Crippen MR) is 56.8 cm³/mol. The molecule has 0 radical (unpaired) electrons. The number of anilines is 1. The van der Waals surface area contributed by atoms with Gasteiger partial charge in [0.25, 0.3) is 0 Å². The van der Waals surface area contributed by atoms with E-state index in [1.165, 1.54) is 4.90 Å². The number of carbonyl (C=O) groups excluding carboxylic acids is 1. The lowest BCUT2D eigenvalue weighted by Crippen LogP contribution is -2.25. The van der Waals surface area contributed by atoms with Gasteiger partial charge in [-0.1, -0.05) is 11.6 Å². The van der Waals surface area contributed by atoms with E-state index in [1.807, 2.05) is 0 Å². The SMILES string of the molecule is Cc1ccc(N2CCOC2=O)c(C(=O)O)c1. The Hall–Kier alpha value is -2.04. The van der Waals surface area contributed by atoms with Gasteiger partial charge in [0, 0.05) is 0 Å². The smallest absolute Gasteiger partial charge is 0.414 e. The maximum Gasteiger partial charge on any atom is 0.414 e. The van der Waals surface area contributed by atoms with E-state index in [0.29, 0.717) is 18.8 Å². The second-order valence-corrected chi connectivity index (χ2v) is 3.59. The molecule has 0 spiro atoms. The van der Waals surface area contributed by atoms with Gasteiger partial charge in [-0.3, -0.25) is 4.90 Å². The first-order chi connectivity index (χ1) is 7.59. The molecule has 1 aliphatic rings. The highest BCUT2D eigenvalue weighted by Gasteiger charge is 2.27. The Morgan fingerprint density at radius 1 is 1.50 bits per heavy atom. The molecule has 5 heteroatoms. The van der Waals surface area contributed by atoms with Crippen molar-refractivity contribution in [2.75, 3.05) is 18.1 Å². The Kier molecular flexibility index (Phi) is 2.52. The molecule has 0 aliphatic carbocycles. The summed E-state index contributed by atoms with van der Waals surface area (Å²) in [6.07, 6.45) is -0.494. The Morgan fingerprint density at radius 2 is 2.25 bits per heavy atom. The van der Waals surface area contributed by atoms with Crippen LogP contribution in [0.1, 0.15) is 15.9 Å². The zero-order valence-corrected chi connectivity index (χ0v) is 8.77. The van der Waals surface area contributed by atoms with E-state index in [-0.39, 0.29) is 5.56 Å². The number of hydrogen-bond acceptors (Lipinski definition) is 3. The van der Waals surface area contributed by atoms with Crippen molar-refractivity contribution >= 4 is 17.7 Å². The molecular weight excluding hydrogens is 210 g/mol. The normalized spacial score (nSPS) is 15.1. The lowest BCUT2D eigenvalue weighted by molar-refractivity contribution is 0.0697. The van der Waals surface area contributed by atoms with Crippen LogP contribution in [-0.4, -0.2) is 30.3 Å². The molecule has 1 aliphatic heterocycles. The molecule has 1 aromatic rings. The van der Waals surface area contributed by atoms with E-state index >= 15 is 0 Å². The third kappa shape index (κ3) is 1.71. The highest BCUT2D eigenvalue weighted by Crippen LogP contribution is 2.24. The van der Waals surface area contributed by atoms with E-state index in [9.17, 15) is 9.59 Å². The number of carboxylic acid groups (broad SMARTS) is 1. The van der Waals surface area contributed by atoms with Gasteiger partial charge in [0.2, 0.25) is 0 Å². The summed E-state index contributed by atoms with van der Waals surface area (Å²) >= 11 is 0. The van der Waals surface area contributed by atoms with Crippen LogP contribution in [0, 0.1) is 6.92 Å². The summed E-state index contributed by atoms with van der Waals surface area (Å²) in [5.74, 6) is -1.04. The van der Waals surface area contributed by atoms with Gasteiger partial charge in [-0.2, -0.15) is 0 Å². The average Bonchev–Trinajstić information content (AvgIpc) is 2.64. The number of amides is 1. The van der Waals surface area contributed by atoms with Crippen molar-refractivity contribution in [3.63, 3.8) is 0 Å². The Labute approximate surface area is 92.2 Å². The fourth-order valence-corrected chi connectivity index (χ4v) is 1.67. The fourth-order valence-electron chi connectivity index (χ4n) is 1.67. The first-order valence-electron chi connectivity index (χ1n) is 4.88. The number of aromatic carboxylic acids is 1. The molecule has 1 N–H and O–H groups in total. The van der Waals surface area contributed by atoms with Crippen LogP contribution < -0.4 is 4.90 Å². The summed E-state index contributed by atoms with van der Waals surface area (Å²) in [4.78, 5) is 23.7. The molecule has 16 heavy (non-hydrogen) atoms. The molecule has 1 aromatic carbocycles. The molecule has 0 saturated carbocycles. The highest BCUT2D eigenvalue weighted by atomic mass is 16.6. The first kappa shape index (κ1) is 10.5. The number of aryl methyl sites for hydroxylation is 1. The predicted octanol–water partition coefficient (Wildman–Crippen LogP) is 1.65. The van der Waals surface area contributed by atoms with Crippen molar-refractivity contribution in [2.24, 2.45) is 0 Å². The van der Waals surface area contributed by atoms with Gasteiger partial charge in [0.15, 0.2) is 0 Å². The number of carbonyl (C=O) groups is 2. The Morgan fingerprint density at radius 3 is 2.81 bits per heavy atom. The van der Waals surface area contributed by atoms with Crippen molar-refractivity contribution in [1.82, 2.24) is 0 Å². The molecule has 5 nitrogen and oxygen atoms in total. The van der Waals surface area contributed by atoms with Crippen LogP contribution in [0.25, 0.3) is 0 Å². The fraction of sp³-hybridized carbons (Fsp3) is 0.273. The van der Waals surface area contributed by atoms with E-state index < -0.39 is 12.1 Å². The van der Waals surface area contributed by atoms with E-state index in [2.05, 4.69) is 0 Å². The molecule has 1 saturated heterocycles. The largest absolute Gasteiger partial charge is 0.478 e. The Balaban J connectivity index is 2.47. The average molecular weight is 221 g/mol. The number of cyclic esters (lactones) is 1. The summed E-state index contributed by atoms with van der Waals surface area (Å²) < 4.78 is 4.78. The molecule has 0 bridgehead atoms. The van der Waals surface area contributed by atoms with Crippen LogP contribution in [0.3, 0.4) is 0 Å². The lowest BCUT2D eigenvalue weighted by Gasteiger charge is -2.15. The van der Waals surface area contributed by atoms with Gasteiger partial charge in [-0.15, -0.1) is 0 Å².